The summed E-state index contributed by atoms with van der Waals surface area (Å²) in [5.74, 6) is 1.98. The molecule has 12 aromatic rings. The van der Waals surface area contributed by atoms with Crippen LogP contribution in [0.1, 0.15) is 0 Å². The second-order valence-electron chi connectivity index (χ2n) is 14.4. The highest BCUT2D eigenvalue weighted by molar-refractivity contribution is 7.25. The lowest BCUT2D eigenvalue weighted by Crippen LogP contribution is -1.99. The van der Waals surface area contributed by atoms with Crippen LogP contribution < -0.4 is 0 Å². The Bertz CT molecular complexity index is 3410. The predicted octanol–water partition coefficient (Wildman–Crippen LogP) is 13.4. The first-order valence-electron chi connectivity index (χ1n) is 19.1. The van der Waals surface area contributed by atoms with Crippen LogP contribution in [0, 0.1) is 0 Å². The SMILES string of the molecule is c1ccc(-c2nc(-c3ccccc3)nc(-c3ccc4c(c3)sc3cc(-n5c6ccccc6c6c(-n7c8ccccc8c8ccccc87)cccc65)ccc34)n2)cc1. The van der Waals surface area contributed by atoms with Crippen molar-refractivity contribution in [1.29, 1.82) is 0 Å². The molecule has 266 valence electrons. The largest absolute Gasteiger partial charge is 0.309 e. The van der Waals surface area contributed by atoms with E-state index in [1.54, 1.807) is 0 Å². The Balaban J connectivity index is 1.02. The normalized spacial score (nSPS) is 11.9. The van der Waals surface area contributed by atoms with Crippen molar-refractivity contribution >= 4 is 75.1 Å². The number of nitrogens with zero attached hydrogens (tertiary/aromatic N) is 5. The minimum absolute atomic E-state index is 0.659. The summed E-state index contributed by atoms with van der Waals surface area (Å²) in [6.07, 6.45) is 0. The molecule has 0 amide bonds. The smallest absolute Gasteiger partial charge is 0.164 e. The maximum Gasteiger partial charge on any atom is 0.164 e. The molecule has 0 fully saturated rings. The molecule has 0 aliphatic rings. The summed E-state index contributed by atoms with van der Waals surface area (Å²) in [4.78, 5) is 14.9. The van der Waals surface area contributed by atoms with Crippen molar-refractivity contribution in [3.05, 3.63) is 188 Å². The van der Waals surface area contributed by atoms with E-state index >= 15 is 0 Å². The molecule has 0 N–H and O–H groups in total. The number of rotatable bonds is 5. The van der Waals surface area contributed by atoms with Crippen molar-refractivity contribution in [2.75, 3.05) is 0 Å². The van der Waals surface area contributed by atoms with E-state index in [0.29, 0.717) is 17.5 Å². The van der Waals surface area contributed by atoms with Gasteiger partial charge in [-0.25, -0.2) is 15.0 Å². The van der Waals surface area contributed by atoms with Gasteiger partial charge in [-0.2, -0.15) is 0 Å². The molecule has 4 heterocycles. The molecule has 57 heavy (non-hydrogen) atoms. The van der Waals surface area contributed by atoms with E-state index < -0.39 is 0 Å². The maximum absolute atomic E-state index is 5.00. The highest BCUT2D eigenvalue weighted by atomic mass is 32.1. The third kappa shape index (κ3) is 4.98. The molecule has 0 atom stereocenters. The van der Waals surface area contributed by atoms with Gasteiger partial charge in [0.2, 0.25) is 0 Å². The number of thiophene rings is 1. The fourth-order valence-electron chi connectivity index (χ4n) is 8.63. The van der Waals surface area contributed by atoms with E-state index in [1.165, 1.54) is 69.5 Å². The van der Waals surface area contributed by atoms with Gasteiger partial charge in [0.25, 0.3) is 0 Å². The number of hydrogen-bond acceptors (Lipinski definition) is 4. The molecule has 0 aliphatic heterocycles. The molecule has 0 saturated carbocycles. The summed E-state index contributed by atoms with van der Waals surface area (Å²) < 4.78 is 7.29. The first kappa shape index (κ1) is 31.9. The molecule has 5 nitrogen and oxygen atoms in total. The predicted molar refractivity (Wildman–Crippen MR) is 238 cm³/mol. The summed E-state index contributed by atoms with van der Waals surface area (Å²) in [5, 5.41) is 7.45. The van der Waals surface area contributed by atoms with E-state index in [1.807, 2.05) is 72.0 Å². The summed E-state index contributed by atoms with van der Waals surface area (Å²) >= 11 is 1.81. The molecule has 0 unspecified atom stereocenters. The standard InChI is InChI=1S/C51H31N5S/c1-3-14-32(15-4-1)49-52-50(33-16-5-2-6-17-33)54-51(53-49)34-26-28-38-39-29-27-35(31-47(39)57-46(38)30-34)55-43-23-12-9-20-40(43)48-44(55)24-13-25-45(48)56-41-21-10-7-18-36(41)37-19-8-11-22-42(37)56/h1-31H. The lowest BCUT2D eigenvalue weighted by Gasteiger charge is -2.11. The van der Waals surface area contributed by atoms with Crippen LogP contribution in [0.4, 0.5) is 0 Å². The zero-order chi connectivity index (χ0) is 37.5. The number of benzene rings is 8. The molecule has 0 bridgehead atoms. The minimum Gasteiger partial charge on any atom is -0.309 e. The van der Waals surface area contributed by atoms with E-state index in [9.17, 15) is 0 Å². The second-order valence-corrected chi connectivity index (χ2v) is 15.5. The van der Waals surface area contributed by atoms with Crippen LogP contribution in [0.3, 0.4) is 0 Å². The topological polar surface area (TPSA) is 48.5 Å². The van der Waals surface area contributed by atoms with Crippen LogP contribution in [0.5, 0.6) is 0 Å². The van der Waals surface area contributed by atoms with Gasteiger partial charge < -0.3 is 9.13 Å². The van der Waals surface area contributed by atoms with Crippen molar-refractivity contribution in [2.24, 2.45) is 0 Å². The van der Waals surface area contributed by atoms with Gasteiger partial charge in [0.1, 0.15) is 0 Å². The van der Waals surface area contributed by atoms with E-state index in [-0.39, 0.29) is 0 Å². The number of fused-ring (bicyclic) bond motifs is 9. The highest BCUT2D eigenvalue weighted by Crippen LogP contribution is 2.42. The van der Waals surface area contributed by atoms with Gasteiger partial charge in [-0.3, -0.25) is 0 Å². The van der Waals surface area contributed by atoms with Crippen molar-refractivity contribution in [2.45, 2.75) is 0 Å². The van der Waals surface area contributed by atoms with Crippen LogP contribution in [0.25, 0.3) is 109 Å². The number of aromatic nitrogens is 5. The monoisotopic (exact) mass is 745 g/mol. The highest BCUT2D eigenvalue weighted by Gasteiger charge is 2.20. The molecule has 6 heteroatoms. The van der Waals surface area contributed by atoms with E-state index in [2.05, 4.69) is 137 Å². The minimum atomic E-state index is 0.659. The Labute approximate surface area is 331 Å². The molecule has 0 aliphatic carbocycles. The van der Waals surface area contributed by atoms with Gasteiger partial charge in [0.15, 0.2) is 17.5 Å². The maximum atomic E-state index is 5.00. The van der Waals surface area contributed by atoms with Gasteiger partial charge >= 0.3 is 0 Å². The Morgan fingerprint density at radius 3 is 1.46 bits per heavy atom. The molecule has 8 aromatic carbocycles. The number of para-hydroxylation sites is 3. The van der Waals surface area contributed by atoms with Crippen LogP contribution >= 0.6 is 11.3 Å². The Kier molecular flexibility index (Phi) is 7.03. The van der Waals surface area contributed by atoms with Crippen LogP contribution in [0.15, 0.2) is 188 Å². The fraction of sp³-hybridized carbons (Fsp3) is 0. The van der Waals surface area contributed by atoms with Gasteiger partial charge in [-0.1, -0.05) is 140 Å². The van der Waals surface area contributed by atoms with Crippen LogP contribution in [-0.2, 0) is 0 Å². The van der Waals surface area contributed by atoms with Gasteiger partial charge in [-0.05, 0) is 48.5 Å². The fourth-order valence-corrected chi connectivity index (χ4v) is 9.81. The van der Waals surface area contributed by atoms with E-state index in [4.69, 9.17) is 15.0 Å². The second kappa shape index (κ2) is 12.6. The third-order valence-electron chi connectivity index (χ3n) is 11.2. The number of hydrogen-bond donors (Lipinski definition) is 0. The lowest BCUT2D eigenvalue weighted by molar-refractivity contribution is 1.07. The van der Waals surface area contributed by atoms with Crippen molar-refractivity contribution in [1.82, 2.24) is 24.1 Å². The molecule has 12 rings (SSSR count). The average molecular weight is 746 g/mol. The quantitative estimate of drug-likeness (QED) is 0.176. The van der Waals surface area contributed by atoms with Crippen molar-refractivity contribution < 1.29 is 0 Å². The zero-order valence-corrected chi connectivity index (χ0v) is 31.4. The Hall–Kier alpha value is -7.41. The van der Waals surface area contributed by atoms with Gasteiger partial charge in [-0.15, -0.1) is 11.3 Å². The Morgan fingerprint density at radius 2 is 0.825 bits per heavy atom. The molecule has 0 spiro atoms. The molecule has 0 radical (unpaired) electrons. The average Bonchev–Trinajstić information content (AvgIpc) is 3.94. The molecule has 4 aromatic heterocycles. The molecular weight excluding hydrogens is 715 g/mol. The van der Waals surface area contributed by atoms with Crippen LogP contribution in [0.2, 0.25) is 0 Å². The summed E-state index contributed by atoms with van der Waals surface area (Å²) in [7, 11) is 0. The van der Waals surface area contributed by atoms with Crippen molar-refractivity contribution in [3.8, 4) is 45.5 Å². The summed E-state index contributed by atoms with van der Waals surface area (Å²) in [5.41, 5.74) is 9.97. The molecule has 0 saturated heterocycles. The van der Waals surface area contributed by atoms with Gasteiger partial charge in [0, 0.05) is 64.1 Å². The van der Waals surface area contributed by atoms with Crippen LogP contribution in [-0.4, -0.2) is 24.1 Å². The van der Waals surface area contributed by atoms with Gasteiger partial charge in [0.05, 0.1) is 27.8 Å². The third-order valence-corrected chi connectivity index (χ3v) is 12.3. The lowest BCUT2D eigenvalue weighted by atomic mass is 10.1. The molecular formula is C51H31N5S. The van der Waals surface area contributed by atoms with Crippen molar-refractivity contribution in [3.63, 3.8) is 0 Å². The first-order valence-corrected chi connectivity index (χ1v) is 19.9. The first-order chi connectivity index (χ1) is 28.3. The Morgan fingerprint density at radius 1 is 0.333 bits per heavy atom. The zero-order valence-electron chi connectivity index (χ0n) is 30.5. The van der Waals surface area contributed by atoms with E-state index in [0.717, 1.165) is 22.4 Å². The summed E-state index contributed by atoms with van der Waals surface area (Å²) in [6, 6.07) is 66.8. The summed E-state index contributed by atoms with van der Waals surface area (Å²) in [6.45, 7) is 0.